The fraction of sp³-hybridized carbons (Fsp3) is 0.625. The Morgan fingerprint density at radius 1 is 1.37 bits per heavy atom. The number of hydrogen-bond donors (Lipinski definition) is 0. The summed E-state index contributed by atoms with van der Waals surface area (Å²) in [4.78, 5) is 2.64. The molecule has 1 heterocycles. The summed E-state index contributed by atoms with van der Waals surface area (Å²) >= 11 is 0. The Labute approximate surface area is 122 Å². The second-order valence-electron chi connectivity index (χ2n) is 5.69. The second-order valence-corrected chi connectivity index (χ2v) is 5.69. The molecule has 2 atom stereocenters. The average Bonchev–Trinajstić information content (AvgIpc) is 2.76. The fourth-order valence-electron chi connectivity index (χ4n) is 3.86. The van der Waals surface area contributed by atoms with E-state index in [4.69, 9.17) is 4.74 Å². The first-order valence-electron chi connectivity index (χ1n) is 7.21. The summed E-state index contributed by atoms with van der Waals surface area (Å²) in [6.07, 6.45) is 3.82. The minimum atomic E-state index is 0. The highest BCUT2D eigenvalue weighted by atomic mass is 35.5. The maximum absolute atomic E-state index is 5.57. The van der Waals surface area contributed by atoms with Gasteiger partial charge in [-0.3, -0.25) is 0 Å². The maximum Gasteiger partial charge on any atom is 0.122 e. The highest BCUT2D eigenvalue weighted by molar-refractivity contribution is 5.85. The molecule has 0 spiro atoms. The van der Waals surface area contributed by atoms with Crippen molar-refractivity contribution < 1.29 is 4.74 Å². The summed E-state index contributed by atoms with van der Waals surface area (Å²) in [5.41, 5.74) is 3.05. The minimum absolute atomic E-state index is 0. The van der Waals surface area contributed by atoms with Crippen LogP contribution in [-0.4, -0.2) is 31.6 Å². The van der Waals surface area contributed by atoms with Crippen LogP contribution in [-0.2, 0) is 6.42 Å². The van der Waals surface area contributed by atoms with Crippen molar-refractivity contribution in [2.75, 3.05) is 26.7 Å². The SMILES string of the molecule is CCCN1CC[C@@H]2c3c(cccc3OC)C[C@@H]2C1.Cl. The fourth-order valence-corrected chi connectivity index (χ4v) is 3.86. The van der Waals surface area contributed by atoms with E-state index in [2.05, 4.69) is 30.0 Å². The van der Waals surface area contributed by atoms with E-state index in [1.807, 2.05) is 0 Å². The minimum Gasteiger partial charge on any atom is -0.496 e. The van der Waals surface area contributed by atoms with Gasteiger partial charge in [-0.1, -0.05) is 19.1 Å². The van der Waals surface area contributed by atoms with Crippen LogP contribution in [0.1, 0.15) is 36.8 Å². The number of hydrogen-bond acceptors (Lipinski definition) is 2. The Hall–Kier alpha value is -0.730. The van der Waals surface area contributed by atoms with Crippen LogP contribution in [0, 0.1) is 5.92 Å². The lowest BCUT2D eigenvalue weighted by Gasteiger charge is -2.35. The van der Waals surface area contributed by atoms with Crippen molar-refractivity contribution >= 4 is 12.4 Å². The molecule has 1 fully saturated rings. The van der Waals surface area contributed by atoms with Gasteiger partial charge in [0.1, 0.15) is 5.75 Å². The monoisotopic (exact) mass is 281 g/mol. The summed E-state index contributed by atoms with van der Waals surface area (Å²) < 4.78 is 5.57. The maximum atomic E-state index is 5.57. The quantitative estimate of drug-likeness (QED) is 0.841. The van der Waals surface area contributed by atoms with Gasteiger partial charge in [-0.15, -0.1) is 12.4 Å². The Bertz CT molecular complexity index is 435. The van der Waals surface area contributed by atoms with Crippen LogP contribution >= 0.6 is 12.4 Å². The molecule has 1 aromatic rings. The summed E-state index contributed by atoms with van der Waals surface area (Å²) in [5.74, 6) is 2.67. The number of halogens is 1. The van der Waals surface area contributed by atoms with Crippen LogP contribution in [0.5, 0.6) is 5.75 Å². The van der Waals surface area contributed by atoms with Gasteiger partial charge >= 0.3 is 0 Å². The van der Waals surface area contributed by atoms with Crippen molar-refractivity contribution in [3.8, 4) is 5.75 Å². The number of benzene rings is 1. The largest absolute Gasteiger partial charge is 0.496 e. The number of methoxy groups -OCH3 is 1. The lowest BCUT2D eigenvalue weighted by Crippen LogP contribution is -2.38. The van der Waals surface area contributed by atoms with Crippen molar-refractivity contribution in [1.82, 2.24) is 4.90 Å². The molecule has 0 aromatic heterocycles. The lowest BCUT2D eigenvalue weighted by atomic mass is 9.85. The molecule has 0 unspecified atom stereocenters. The van der Waals surface area contributed by atoms with E-state index in [-0.39, 0.29) is 12.4 Å². The van der Waals surface area contributed by atoms with Gasteiger partial charge in [0.15, 0.2) is 0 Å². The van der Waals surface area contributed by atoms with Gasteiger partial charge in [-0.2, -0.15) is 0 Å². The smallest absolute Gasteiger partial charge is 0.122 e. The molecule has 3 rings (SSSR count). The summed E-state index contributed by atoms with van der Waals surface area (Å²) in [7, 11) is 1.80. The molecule has 0 saturated carbocycles. The number of nitrogens with zero attached hydrogens (tertiary/aromatic N) is 1. The number of rotatable bonds is 3. The summed E-state index contributed by atoms with van der Waals surface area (Å²) in [6.45, 7) is 6.07. The van der Waals surface area contributed by atoms with Gasteiger partial charge in [0.05, 0.1) is 7.11 Å². The molecule has 2 aliphatic rings. The molecule has 106 valence electrons. The van der Waals surface area contributed by atoms with Gasteiger partial charge in [-0.05, 0) is 55.8 Å². The molecule has 2 nitrogen and oxygen atoms in total. The van der Waals surface area contributed by atoms with E-state index in [0.29, 0.717) is 0 Å². The van der Waals surface area contributed by atoms with Gasteiger partial charge in [0.25, 0.3) is 0 Å². The highest BCUT2D eigenvalue weighted by Crippen LogP contribution is 2.46. The molecule has 1 aromatic carbocycles. The summed E-state index contributed by atoms with van der Waals surface area (Å²) in [6, 6.07) is 6.55. The topological polar surface area (TPSA) is 12.5 Å². The Morgan fingerprint density at radius 3 is 2.95 bits per heavy atom. The Balaban J connectivity index is 0.00000133. The number of piperidine rings is 1. The van der Waals surface area contributed by atoms with Gasteiger partial charge in [0.2, 0.25) is 0 Å². The van der Waals surface area contributed by atoms with E-state index in [1.165, 1.54) is 50.0 Å². The first-order valence-corrected chi connectivity index (χ1v) is 7.21. The van der Waals surface area contributed by atoms with Crippen molar-refractivity contribution in [2.45, 2.75) is 32.1 Å². The van der Waals surface area contributed by atoms with Crippen LogP contribution in [0.2, 0.25) is 0 Å². The van der Waals surface area contributed by atoms with Crippen molar-refractivity contribution in [3.05, 3.63) is 29.3 Å². The van der Waals surface area contributed by atoms with Crippen LogP contribution in [0.4, 0.5) is 0 Å². The zero-order valence-corrected chi connectivity index (χ0v) is 12.7. The van der Waals surface area contributed by atoms with E-state index in [0.717, 1.165) is 17.6 Å². The first kappa shape index (κ1) is 14.7. The third-order valence-corrected chi connectivity index (χ3v) is 4.59. The van der Waals surface area contributed by atoms with Crippen molar-refractivity contribution in [1.29, 1.82) is 0 Å². The van der Waals surface area contributed by atoms with E-state index >= 15 is 0 Å². The highest BCUT2D eigenvalue weighted by Gasteiger charge is 2.38. The molecule has 1 aliphatic carbocycles. The summed E-state index contributed by atoms with van der Waals surface area (Å²) in [5, 5.41) is 0. The molecule has 0 amide bonds. The Kier molecular flexibility index (Phi) is 4.75. The van der Waals surface area contributed by atoms with E-state index in [1.54, 1.807) is 7.11 Å². The standard InChI is InChI=1S/C16H23NO.ClH/c1-3-8-17-9-7-14-13(11-17)10-12-5-4-6-15(18-2)16(12)14;/h4-6,13-14H,3,7-11H2,1-2H3;1H/t13-,14+;/m1./s1. The molecular formula is C16H24ClNO. The predicted octanol–water partition coefficient (Wildman–Crippen LogP) is 3.49. The third-order valence-electron chi connectivity index (χ3n) is 4.59. The molecule has 0 radical (unpaired) electrons. The zero-order valence-electron chi connectivity index (χ0n) is 11.9. The molecule has 19 heavy (non-hydrogen) atoms. The predicted molar refractivity (Wildman–Crippen MR) is 81.5 cm³/mol. The van der Waals surface area contributed by atoms with Crippen LogP contribution < -0.4 is 4.74 Å². The normalized spacial score (nSPS) is 25.4. The van der Waals surface area contributed by atoms with Gasteiger partial charge < -0.3 is 9.64 Å². The Morgan fingerprint density at radius 2 is 2.21 bits per heavy atom. The number of ether oxygens (including phenoxy) is 1. The average molecular weight is 282 g/mol. The molecular weight excluding hydrogens is 258 g/mol. The lowest BCUT2D eigenvalue weighted by molar-refractivity contribution is 0.162. The first-order chi connectivity index (χ1) is 8.83. The van der Waals surface area contributed by atoms with Crippen molar-refractivity contribution in [3.63, 3.8) is 0 Å². The third kappa shape index (κ3) is 2.61. The number of fused-ring (bicyclic) bond motifs is 3. The molecule has 0 N–H and O–H groups in total. The van der Waals surface area contributed by atoms with Gasteiger partial charge in [-0.25, -0.2) is 0 Å². The number of likely N-dealkylation sites (tertiary alicyclic amines) is 1. The van der Waals surface area contributed by atoms with E-state index < -0.39 is 0 Å². The van der Waals surface area contributed by atoms with Crippen LogP contribution in [0.25, 0.3) is 0 Å². The van der Waals surface area contributed by atoms with Crippen LogP contribution in [0.15, 0.2) is 18.2 Å². The molecule has 1 saturated heterocycles. The van der Waals surface area contributed by atoms with Gasteiger partial charge in [0, 0.05) is 12.1 Å². The molecule has 3 heteroatoms. The second kappa shape index (κ2) is 6.15. The van der Waals surface area contributed by atoms with E-state index in [9.17, 15) is 0 Å². The zero-order chi connectivity index (χ0) is 12.5. The van der Waals surface area contributed by atoms with Crippen molar-refractivity contribution in [2.24, 2.45) is 5.92 Å². The van der Waals surface area contributed by atoms with Crippen LogP contribution in [0.3, 0.4) is 0 Å². The molecule has 1 aliphatic heterocycles. The molecule has 0 bridgehead atoms.